The largest absolute Gasteiger partial charge is 0.481 e. The van der Waals surface area contributed by atoms with Crippen molar-refractivity contribution in [2.45, 2.75) is 32.8 Å². The number of aryl methyl sites for hydroxylation is 2. The summed E-state index contributed by atoms with van der Waals surface area (Å²) in [6, 6.07) is 3.93. The van der Waals surface area contributed by atoms with Gasteiger partial charge in [0.05, 0.1) is 13.2 Å². The fraction of sp³-hybridized carbons (Fsp3) is 0.545. The Balaban J connectivity index is 2.71. The Morgan fingerprint density at radius 1 is 1.50 bits per heavy atom. The minimum atomic E-state index is -0.255. The smallest absolute Gasteiger partial charge is 0.213 e. The minimum absolute atomic E-state index is 0.255. The molecule has 0 amide bonds. The zero-order valence-corrected chi connectivity index (χ0v) is 8.95. The predicted molar refractivity (Wildman–Crippen MR) is 55.5 cm³/mol. The number of hydrogen-bond acceptors (Lipinski definition) is 3. The number of methoxy groups -OCH3 is 1. The molecule has 1 N–H and O–H groups in total. The van der Waals surface area contributed by atoms with Gasteiger partial charge in [-0.25, -0.2) is 4.98 Å². The van der Waals surface area contributed by atoms with Crippen LogP contribution < -0.4 is 4.74 Å². The molecule has 0 aromatic carbocycles. The van der Waals surface area contributed by atoms with Crippen LogP contribution in [0.25, 0.3) is 0 Å². The second-order valence-corrected chi connectivity index (χ2v) is 3.55. The molecule has 0 saturated carbocycles. The van der Waals surface area contributed by atoms with Crippen LogP contribution in [0, 0.1) is 6.92 Å². The third-order valence-corrected chi connectivity index (χ3v) is 2.05. The lowest BCUT2D eigenvalue weighted by atomic mass is 10.1. The second kappa shape index (κ2) is 4.96. The van der Waals surface area contributed by atoms with Crippen molar-refractivity contribution in [3.63, 3.8) is 0 Å². The van der Waals surface area contributed by atoms with E-state index in [0.717, 1.165) is 24.1 Å². The van der Waals surface area contributed by atoms with Gasteiger partial charge in [-0.2, -0.15) is 0 Å². The van der Waals surface area contributed by atoms with Crippen LogP contribution in [0.1, 0.15) is 24.6 Å². The van der Waals surface area contributed by atoms with Crippen LogP contribution in [0.4, 0.5) is 0 Å². The van der Waals surface area contributed by atoms with E-state index in [0.29, 0.717) is 5.88 Å². The van der Waals surface area contributed by atoms with Gasteiger partial charge in [0, 0.05) is 11.8 Å². The molecule has 0 radical (unpaired) electrons. The highest BCUT2D eigenvalue weighted by Crippen LogP contribution is 2.14. The molecular weight excluding hydrogens is 178 g/mol. The Labute approximate surface area is 84.7 Å². The highest BCUT2D eigenvalue weighted by molar-refractivity contribution is 5.24. The quantitative estimate of drug-likeness (QED) is 0.795. The van der Waals surface area contributed by atoms with Crippen molar-refractivity contribution < 1.29 is 9.84 Å². The first-order valence-corrected chi connectivity index (χ1v) is 4.81. The van der Waals surface area contributed by atoms with Gasteiger partial charge in [-0.1, -0.05) is 0 Å². The Hall–Kier alpha value is -1.09. The van der Waals surface area contributed by atoms with Crippen LogP contribution in [0.15, 0.2) is 12.1 Å². The van der Waals surface area contributed by atoms with Gasteiger partial charge in [0.1, 0.15) is 0 Å². The minimum Gasteiger partial charge on any atom is -0.481 e. The molecule has 1 aromatic rings. The number of hydrogen-bond donors (Lipinski definition) is 1. The summed E-state index contributed by atoms with van der Waals surface area (Å²) in [6.07, 6.45) is 1.37. The Morgan fingerprint density at radius 3 is 2.79 bits per heavy atom. The van der Waals surface area contributed by atoms with Crippen molar-refractivity contribution >= 4 is 0 Å². The van der Waals surface area contributed by atoms with Crippen LogP contribution in [0.3, 0.4) is 0 Å². The van der Waals surface area contributed by atoms with E-state index in [1.807, 2.05) is 19.1 Å². The monoisotopic (exact) mass is 195 g/mol. The fourth-order valence-electron chi connectivity index (χ4n) is 1.33. The van der Waals surface area contributed by atoms with Crippen LogP contribution in [-0.2, 0) is 6.42 Å². The van der Waals surface area contributed by atoms with E-state index >= 15 is 0 Å². The first-order valence-electron chi connectivity index (χ1n) is 4.81. The molecule has 1 rings (SSSR count). The zero-order valence-electron chi connectivity index (χ0n) is 8.95. The number of aliphatic hydroxyl groups excluding tert-OH is 1. The lowest BCUT2D eigenvalue weighted by Crippen LogP contribution is -2.02. The van der Waals surface area contributed by atoms with Gasteiger partial charge in [-0.05, 0) is 38.3 Å². The average molecular weight is 195 g/mol. The molecule has 1 heterocycles. The Bertz CT molecular complexity index is 297. The maximum atomic E-state index is 9.16. The van der Waals surface area contributed by atoms with Gasteiger partial charge >= 0.3 is 0 Å². The maximum absolute atomic E-state index is 9.16. The van der Waals surface area contributed by atoms with E-state index < -0.39 is 0 Å². The zero-order chi connectivity index (χ0) is 10.6. The molecule has 1 atom stereocenters. The topological polar surface area (TPSA) is 42.4 Å². The number of ether oxygens (including phenoxy) is 1. The van der Waals surface area contributed by atoms with Crippen molar-refractivity contribution in [2.24, 2.45) is 0 Å². The summed E-state index contributed by atoms with van der Waals surface area (Å²) in [5.41, 5.74) is 2.11. The summed E-state index contributed by atoms with van der Waals surface area (Å²) >= 11 is 0. The van der Waals surface area contributed by atoms with E-state index in [4.69, 9.17) is 9.84 Å². The normalized spacial score (nSPS) is 12.6. The predicted octanol–water partition coefficient (Wildman–Crippen LogP) is 1.71. The molecule has 0 saturated heterocycles. The van der Waals surface area contributed by atoms with Crippen LogP contribution in [0.5, 0.6) is 5.88 Å². The van der Waals surface area contributed by atoms with Gasteiger partial charge in [0.15, 0.2) is 0 Å². The van der Waals surface area contributed by atoms with Crippen LogP contribution in [-0.4, -0.2) is 23.3 Å². The maximum Gasteiger partial charge on any atom is 0.213 e. The molecule has 0 spiro atoms. The fourth-order valence-corrected chi connectivity index (χ4v) is 1.33. The van der Waals surface area contributed by atoms with Gasteiger partial charge < -0.3 is 9.84 Å². The summed E-state index contributed by atoms with van der Waals surface area (Å²) < 4.78 is 5.07. The lowest BCUT2D eigenvalue weighted by molar-refractivity contribution is 0.185. The molecule has 1 aromatic heterocycles. The SMILES string of the molecule is COc1cc(CC[C@@H](C)O)cc(C)n1. The molecule has 0 unspecified atom stereocenters. The molecule has 3 nitrogen and oxygen atoms in total. The molecule has 3 heteroatoms. The summed E-state index contributed by atoms with van der Waals surface area (Å²) in [5.74, 6) is 0.644. The lowest BCUT2D eigenvalue weighted by Gasteiger charge is -2.07. The molecule has 0 fully saturated rings. The number of rotatable bonds is 4. The first kappa shape index (κ1) is 11.0. The van der Waals surface area contributed by atoms with Gasteiger partial charge in [-0.15, -0.1) is 0 Å². The highest BCUT2D eigenvalue weighted by Gasteiger charge is 2.02. The Morgan fingerprint density at radius 2 is 2.21 bits per heavy atom. The molecule has 14 heavy (non-hydrogen) atoms. The van der Waals surface area contributed by atoms with Crippen LogP contribution >= 0.6 is 0 Å². The van der Waals surface area contributed by atoms with E-state index in [1.54, 1.807) is 14.0 Å². The third kappa shape index (κ3) is 3.34. The third-order valence-electron chi connectivity index (χ3n) is 2.05. The summed E-state index contributed by atoms with van der Waals surface area (Å²) in [5, 5.41) is 9.16. The standard InChI is InChI=1S/C11H17NO2/c1-8-6-10(5-4-9(2)13)7-11(12-8)14-3/h6-7,9,13H,4-5H2,1-3H3/t9-/m1/s1. The van der Waals surface area contributed by atoms with Crippen molar-refractivity contribution in [2.75, 3.05) is 7.11 Å². The van der Waals surface area contributed by atoms with E-state index in [2.05, 4.69) is 4.98 Å². The number of aliphatic hydroxyl groups is 1. The Kier molecular flexibility index (Phi) is 3.89. The van der Waals surface area contributed by atoms with E-state index in [9.17, 15) is 0 Å². The van der Waals surface area contributed by atoms with Gasteiger partial charge in [0.2, 0.25) is 5.88 Å². The average Bonchev–Trinajstić information content (AvgIpc) is 2.14. The molecule has 0 aliphatic carbocycles. The van der Waals surface area contributed by atoms with E-state index in [1.165, 1.54) is 0 Å². The molecule has 0 aliphatic rings. The molecule has 0 aliphatic heterocycles. The number of nitrogens with zero attached hydrogens (tertiary/aromatic N) is 1. The summed E-state index contributed by atoms with van der Waals surface area (Å²) in [6.45, 7) is 3.74. The molecule has 78 valence electrons. The summed E-state index contributed by atoms with van der Waals surface area (Å²) in [7, 11) is 1.61. The number of aromatic nitrogens is 1. The molecule has 0 bridgehead atoms. The second-order valence-electron chi connectivity index (χ2n) is 3.55. The van der Waals surface area contributed by atoms with Crippen molar-refractivity contribution in [3.05, 3.63) is 23.4 Å². The number of pyridine rings is 1. The van der Waals surface area contributed by atoms with Crippen LogP contribution in [0.2, 0.25) is 0 Å². The highest BCUT2D eigenvalue weighted by atomic mass is 16.5. The van der Waals surface area contributed by atoms with Crippen molar-refractivity contribution in [3.8, 4) is 5.88 Å². The first-order chi connectivity index (χ1) is 6.61. The van der Waals surface area contributed by atoms with Crippen molar-refractivity contribution in [1.29, 1.82) is 0 Å². The van der Waals surface area contributed by atoms with E-state index in [-0.39, 0.29) is 6.10 Å². The van der Waals surface area contributed by atoms with Gasteiger partial charge in [-0.3, -0.25) is 0 Å². The summed E-state index contributed by atoms with van der Waals surface area (Å²) in [4.78, 5) is 4.19. The van der Waals surface area contributed by atoms with Gasteiger partial charge in [0.25, 0.3) is 0 Å². The molecular formula is C11H17NO2. The van der Waals surface area contributed by atoms with Crippen molar-refractivity contribution in [1.82, 2.24) is 4.98 Å².